The van der Waals surface area contributed by atoms with Gasteiger partial charge in [0.25, 0.3) is 0 Å². The number of amides is 2. The molecule has 3 N–H and O–H groups in total. The molecule has 0 spiro atoms. The van der Waals surface area contributed by atoms with Crippen LogP contribution in [-0.2, 0) is 14.3 Å². The van der Waals surface area contributed by atoms with E-state index in [1.165, 1.54) is 11.1 Å². The summed E-state index contributed by atoms with van der Waals surface area (Å²) in [4.78, 5) is 35.8. The van der Waals surface area contributed by atoms with Gasteiger partial charge >= 0.3 is 12.1 Å². The number of carbonyl (C=O) groups excluding carboxylic acids is 2. The molecule has 0 bridgehead atoms. The second kappa shape index (κ2) is 9.65. The number of nitrogens with one attached hydrogen (secondary N) is 2. The van der Waals surface area contributed by atoms with Gasteiger partial charge in [0.05, 0.1) is 5.41 Å². The van der Waals surface area contributed by atoms with Crippen LogP contribution in [0.5, 0.6) is 0 Å². The number of alkyl carbamates (subject to hydrolysis) is 1. The Hall–Kier alpha value is -3.35. The van der Waals surface area contributed by atoms with Gasteiger partial charge in [0.2, 0.25) is 5.91 Å². The summed E-state index contributed by atoms with van der Waals surface area (Å²) in [6, 6.07) is 16.3. The van der Waals surface area contributed by atoms with Gasteiger partial charge in [0.15, 0.2) is 0 Å². The highest BCUT2D eigenvalue weighted by Gasteiger charge is 2.31. The first kappa shape index (κ1) is 24.3. The van der Waals surface area contributed by atoms with Gasteiger partial charge in [-0.3, -0.25) is 9.59 Å². The van der Waals surface area contributed by atoms with Crippen molar-refractivity contribution in [3.8, 4) is 11.1 Å². The molecule has 0 aromatic heterocycles. The van der Waals surface area contributed by atoms with E-state index in [9.17, 15) is 14.4 Å². The third-order valence-electron chi connectivity index (χ3n) is 6.00. The van der Waals surface area contributed by atoms with Crippen LogP contribution in [0.3, 0.4) is 0 Å². The second-order valence-corrected chi connectivity index (χ2v) is 9.99. The molecule has 7 heteroatoms. The number of hydrogen-bond acceptors (Lipinski definition) is 4. The van der Waals surface area contributed by atoms with E-state index in [4.69, 9.17) is 9.84 Å². The minimum atomic E-state index is -1.04. The van der Waals surface area contributed by atoms with Crippen molar-refractivity contribution < 1.29 is 24.2 Å². The molecule has 0 aliphatic heterocycles. The normalized spacial score (nSPS) is 13.1. The molecular formula is C26H32N2O5. The van der Waals surface area contributed by atoms with Gasteiger partial charge in [0, 0.05) is 25.4 Å². The maximum absolute atomic E-state index is 12.4. The Labute approximate surface area is 194 Å². The average molecular weight is 453 g/mol. The third kappa shape index (κ3) is 5.92. The van der Waals surface area contributed by atoms with Crippen molar-refractivity contribution in [2.45, 2.75) is 40.0 Å². The van der Waals surface area contributed by atoms with Crippen molar-refractivity contribution in [2.75, 3.05) is 19.7 Å². The van der Waals surface area contributed by atoms with Crippen molar-refractivity contribution in [3.05, 3.63) is 59.7 Å². The van der Waals surface area contributed by atoms with Crippen LogP contribution in [0.4, 0.5) is 4.79 Å². The van der Waals surface area contributed by atoms with Crippen LogP contribution in [0.15, 0.2) is 48.5 Å². The number of hydrogen-bond donors (Lipinski definition) is 3. The van der Waals surface area contributed by atoms with E-state index >= 15 is 0 Å². The molecule has 33 heavy (non-hydrogen) atoms. The quantitative estimate of drug-likeness (QED) is 0.530. The topological polar surface area (TPSA) is 105 Å². The molecule has 0 atom stereocenters. The summed E-state index contributed by atoms with van der Waals surface area (Å²) in [6.45, 7) is 7.34. The van der Waals surface area contributed by atoms with Gasteiger partial charge < -0.3 is 20.5 Å². The molecule has 2 aromatic carbocycles. The Kier molecular flexibility index (Phi) is 7.10. The lowest BCUT2D eigenvalue weighted by atomic mass is 9.88. The Morgan fingerprint density at radius 1 is 0.879 bits per heavy atom. The minimum Gasteiger partial charge on any atom is -0.481 e. The SMILES string of the molecule is CC(C)(CNC(=O)OCC1c2ccccc2-c2ccccc21)CC(=O)NCC(C)(C)C(=O)O. The minimum absolute atomic E-state index is 0.0143. The lowest BCUT2D eigenvalue weighted by Gasteiger charge is -2.26. The van der Waals surface area contributed by atoms with Crippen LogP contribution in [-0.4, -0.2) is 42.8 Å². The monoisotopic (exact) mass is 452 g/mol. The molecular weight excluding hydrogens is 420 g/mol. The molecule has 0 heterocycles. The third-order valence-corrected chi connectivity index (χ3v) is 6.00. The molecule has 1 aliphatic carbocycles. The number of fused-ring (bicyclic) bond motifs is 3. The van der Waals surface area contributed by atoms with Crippen molar-refractivity contribution in [3.63, 3.8) is 0 Å². The number of rotatable bonds is 9. The first-order valence-corrected chi connectivity index (χ1v) is 11.1. The molecule has 0 saturated carbocycles. The van der Waals surface area contributed by atoms with Gasteiger partial charge in [-0.25, -0.2) is 4.79 Å². The van der Waals surface area contributed by atoms with E-state index in [0.29, 0.717) is 0 Å². The number of benzene rings is 2. The summed E-state index contributed by atoms with van der Waals surface area (Å²) in [5.41, 5.74) is 3.06. The van der Waals surface area contributed by atoms with Crippen LogP contribution < -0.4 is 10.6 Å². The summed E-state index contributed by atoms with van der Waals surface area (Å²) in [6.07, 6.45) is -0.385. The maximum Gasteiger partial charge on any atom is 0.407 e. The lowest BCUT2D eigenvalue weighted by molar-refractivity contribution is -0.146. The van der Waals surface area contributed by atoms with Crippen LogP contribution in [0.25, 0.3) is 11.1 Å². The number of ether oxygens (including phenoxy) is 1. The zero-order valence-corrected chi connectivity index (χ0v) is 19.6. The van der Waals surface area contributed by atoms with Gasteiger partial charge in [-0.2, -0.15) is 0 Å². The largest absolute Gasteiger partial charge is 0.481 e. The Morgan fingerprint density at radius 3 is 1.97 bits per heavy atom. The van der Waals surface area contributed by atoms with Gasteiger partial charge in [-0.15, -0.1) is 0 Å². The van der Waals surface area contributed by atoms with Crippen LogP contribution in [0.2, 0.25) is 0 Å². The number of carboxylic acids is 1. The van der Waals surface area contributed by atoms with Crippen LogP contribution in [0, 0.1) is 10.8 Å². The molecule has 3 rings (SSSR count). The van der Waals surface area contributed by atoms with E-state index in [1.54, 1.807) is 13.8 Å². The molecule has 2 amide bonds. The summed E-state index contributed by atoms with van der Waals surface area (Å²) >= 11 is 0. The Balaban J connectivity index is 1.49. The highest BCUT2D eigenvalue weighted by molar-refractivity contribution is 5.80. The molecule has 0 radical (unpaired) electrons. The zero-order valence-electron chi connectivity index (χ0n) is 19.6. The highest BCUT2D eigenvalue weighted by Crippen LogP contribution is 2.44. The number of carbonyl (C=O) groups is 3. The lowest BCUT2D eigenvalue weighted by Crippen LogP contribution is -2.42. The fraction of sp³-hybridized carbons (Fsp3) is 0.423. The van der Waals surface area contributed by atoms with Gasteiger partial charge in [0.1, 0.15) is 6.61 Å². The van der Waals surface area contributed by atoms with Crippen molar-refractivity contribution in [1.29, 1.82) is 0 Å². The maximum atomic E-state index is 12.4. The summed E-state index contributed by atoms with van der Waals surface area (Å²) in [5.74, 6) is -1.25. The van der Waals surface area contributed by atoms with Crippen LogP contribution in [0.1, 0.15) is 51.2 Å². The molecule has 0 saturated heterocycles. The summed E-state index contributed by atoms with van der Waals surface area (Å²) in [5, 5.41) is 14.6. The van der Waals surface area contributed by atoms with Crippen LogP contribution >= 0.6 is 0 Å². The predicted octanol–water partition coefficient (Wildman–Crippen LogP) is 4.17. The molecule has 1 aliphatic rings. The van der Waals surface area contributed by atoms with Gasteiger partial charge in [-0.05, 0) is 41.5 Å². The second-order valence-electron chi connectivity index (χ2n) is 9.99. The Bertz CT molecular complexity index is 999. The summed E-state index contributed by atoms with van der Waals surface area (Å²) in [7, 11) is 0. The van der Waals surface area contributed by atoms with Crippen molar-refractivity contribution in [2.24, 2.45) is 10.8 Å². The zero-order chi connectivity index (χ0) is 24.2. The predicted molar refractivity (Wildman–Crippen MR) is 126 cm³/mol. The van der Waals surface area contributed by atoms with E-state index in [0.717, 1.165) is 11.1 Å². The van der Waals surface area contributed by atoms with Gasteiger partial charge in [-0.1, -0.05) is 62.4 Å². The first-order chi connectivity index (χ1) is 15.5. The first-order valence-electron chi connectivity index (χ1n) is 11.1. The fourth-order valence-corrected chi connectivity index (χ4v) is 3.92. The van der Waals surface area contributed by atoms with E-state index in [1.807, 2.05) is 38.1 Å². The standard InChI is InChI=1S/C26H32N2O5/c1-25(2,13-22(29)27-16-26(3,4)23(30)31)15-28-24(32)33-14-21-19-11-7-5-9-17(19)18-10-6-8-12-20(18)21/h5-12,21H,13-16H2,1-4H3,(H,27,29)(H,28,32)(H,30,31). The van der Waals surface area contributed by atoms with E-state index < -0.39 is 22.9 Å². The van der Waals surface area contributed by atoms with Crippen molar-refractivity contribution in [1.82, 2.24) is 10.6 Å². The fourth-order valence-electron chi connectivity index (χ4n) is 3.92. The molecule has 7 nitrogen and oxygen atoms in total. The number of carboxylic acid groups (broad SMARTS) is 1. The molecule has 0 unspecified atom stereocenters. The average Bonchev–Trinajstić information content (AvgIpc) is 3.08. The highest BCUT2D eigenvalue weighted by atomic mass is 16.5. The van der Waals surface area contributed by atoms with Crippen molar-refractivity contribution >= 4 is 18.0 Å². The Morgan fingerprint density at radius 2 is 1.42 bits per heavy atom. The summed E-state index contributed by atoms with van der Waals surface area (Å²) < 4.78 is 5.54. The molecule has 2 aromatic rings. The molecule has 176 valence electrons. The van der Waals surface area contributed by atoms with E-state index in [-0.39, 0.29) is 37.9 Å². The smallest absolute Gasteiger partial charge is 0.407 e. The number of aliphatic carboxylic acids is 1. The van der Waals surface area contributed by atoms with E-state index in [2.05, 4.69) is 34.9 Å². The molecule has 0 fully saturated rings.